The Morgan fingerprint density at radius 2 is 1.63 bits per heavy atom. The highest BCUT2D eigenvalue weighted by atomic mass is 79.9. The van der Waals surface area contributed by atoms with Crippen LogP contribution in [0.3, 0.4) is 0 Å². The van der Waals surface area contributed by atoms with Gasteiger partial charge in [0.15, 0.2) is 5.75 Å². The van der Waals surface area contributed by atoms with Crippen LogP contribution >= 0.6 is 50.7 Å². The molecule has 0 spiro atoms. The first-order chi connectivity index (χ1) is 8.95. The molecule has 0 amide bonds. The molecule has 2 aromatic carbocycles. The van der Waals surface area contributed by atoms with Crippen LogP contribution < -0.4 is 10.5 Å². The predicted molar refractivity (Wildman–Crippen MR) is 84.4 cm³/mol. The standard InChI is InChI=1S/C13H9BrCl3NO/c14-8-1-7(2-10(18)3-8)6-19-13-11(16)4-9(15)5-12(13)17/h1-5H,6,18H2. The molecule has 2 N–H and O–H groups in total. The number of hydrogen-bond donors (Lipinski definition) is 1. The minimum absolute atomic E-state index is 0.310. The molecule has 2 rings (SSSR count). The Morgan fingerprint density at radius 3 is 2.21 bits per heavy atom. The largest absolute Gasteiger partial charge is 0.486 e. The van der Waals surface area contributed by atoms with E-state index in [1.807, 2.05) is 18.2 Å². The molecular weight excluding hydrogens is 372 g/mol. The summed E-state index contributed by atoms with van der Waals surface area (Å²) in [6.45, 7) is 0.310. The summed E-state index contributed by atoms with van der Waals surface area (Å²) in [5.41, 5.74) is 7.32. The fraction of sp³-hybridized carbons (Fsp3) is 0.0769. The molecule has 100 valence electrons. The molecule has 0 atom stereocenters. The summed E-state index contributed by atoms with van der Waals surface area (Å²) in [6.07, 6.45) is 0. The van der Waals surface area contributed by atoms with Crippen LogP contribution in [-0.4, -0.2) is 0 Å². The number of rotatable bonds is 3. The SMILES string of the molecule is Nc1cc(Br)cc(COc2c(Cl)cc(Cl)cc2Cl)c1. The fourth-order valence-corrected chi connectivity index (χ4v) is 3.07. The van der Waals surface area contributed by atoms with E-state index in [1.165, 1.54) is 0 Å². The molecule has 0 aliphatic carbocycles. The first kappa shape index (κ1) is 14.8. The van der Waals surface area contributed by atoms with Crippen molar-refractivity contribution in [3.05, 3.63) is 55.4 Å². The van der Waals surface area contributed by atoms with Crippen molar-refractivity contribution in [1.29, 1.82) is 0 Å². The number of benzene rings is 2. The van der Waals surface area contributed by atoms with Gasteiger partial charge < -0.3 is 10.5 Å². The molecule has 2 aromatic rings. The third-order valence-corrected chi connectivity index (χ3v) is 3.56. The van der Waals surface area contributed by atoms with Gasteiger partial charge in [0, 0.05) is 15.2 Å². The van der Waals surface area contributed by atoms with Gasteiger partial charge in [-0.1, -0.05) is 50.7 Å². The van der Waals surface area contributed by atoms with Crippen molar-refractivity contribution in [2.24, 2.45) is 0 Å². The molecule has 0 saturated carbocycles. The Morgan fingerprint density at radius 1 is 1.00 bits per heavy atom. The van der Waals surface area contributed by atoms with E-state index in [0.717, 1.165) is 10.0 Å². The molecule has 2 nitrogen and oxygen atoms in total. The molecule has 0 fully saturated rings. The third-order valence-electron chi connectivity index (χ3n) is 2.33. The van der Waals surface area contributed by atoms with Crippen LogP contribution in [0.25, 0.3) is 0 Å². The molecule has 0 aliphatic heterocycles. The van der Waals surface area contributed by atoms with Gasteiger partial charge in [-0.25, -0.2) is 0 Å². The van der Waals surface area contributed by atoms with E-state index in [9.17, 15) is 0 Å². The van der Waals surface area contributed by atoms with Crippen molar-refractivity contribution in [2.75, 3.05) is 5.73 Å². The third kappa shape index (κ3) is 3.93. The first-order valence-electron chi connectivity index (χ1n) is 5.28. The molecule has 0 bridgehead atoms. The van der Waals surface area contributed by atoms with Crippen LogP contribution in [0.4, 0.5) is 5.69 Å². The van der Waals surface area contributed by atoms with E-state index in [-0.39, 0.29) is 0 Å². The topological polar surface area (TPSA) is 35.2 Å². The van der Waals surface area contributed by atoms with Crippen molar-refractivity contribution in [3.8, 4) is 5.75 Å². The van der Waals surface area contributed by atoms with Crippen LogP contribution in [0.15, 0.2) is 34.8 Å². The summed E-state index contributed by atoms with van der Waals surface area (Å²) in [5.74, 6) is 0.409. The summed E-state index contributed by atoms with van der Waals surface area (Å²) < 4.78 is 6.51. The molecular formula is C13H9BrCl3NO. The van der Waals surface area contributed by atoms with E-state index in [1.54, 1.807) is 12.1 Å². The Hall–Kier alpha value is -0.610. The molecule has 0 saturated heterocycles. The van der Waals surface area contributed by atoms with Gasteiger partial charge >= 0.3 is 0 Å². The summed E-state index contributed by atoms with van der Waals surface area (Å²) in [6, 6.07) is 8.71. The molecule has 6 heteroatoms. The average molecular weight is 381 g/mol. The zero-order valence-corrected chi connectivity index (χ0v) is 13.4. The highest BCUT2D eigenvalue weighted by Crippen LogP contribution is 2.36. The second kappa shape index (κ2) is 6.23. The molecule has 0 radical (unpaired) electrons. The number of hydrogen-bond acceptors (Lipinski definition) is 2. The van der Waals surface area contributed by atoms with Crippen molar-refractivity contribution >= 4 is 56.4 Å². The highest BCUT2D eigenvalue weighted by molar-refractivity contribution is 9.10. The van der Waals surface area contributed by atoms with E-state index >= 15 is 0 Å². The van der Waals surface area contributed by atoms with E-state index in [0.29, 0.717) is 33.1 Å². The molecule has 0 unspecified atom stereocenters. The lowest BCUT2D eigenvalue weighted by molar-refractivity contribution is 0.306. The number of ether oxygens (including phenoxy) is 1. The maximum atomic E-state index is 6.04. The second-order valence-corrected chi connectivity index (χ2v) is 6.05. The Bertz CT molecular complexity index is 576. The maximum absolute atomic E-state index is 6.04. The summed E-state index contributed by atoms with van der Waals surface area (Å²) >= 11 is 21.3. The van der Waals surface area contributed by atoms with Crippen LogP contribution in [0.2, 0.25) is 15.1 Å². The normalized spacial score (nSPS) is 10.5. The van der Waals surface area contributed by atoms with Gasteiger partial charge in [-0.05, 0) is 35.9 Å². The van der Waals surface area contributed by atoms with Gasteiger partial charge in [-0.3, -0.25) is 0 Å². The van der Waals surface area contributed by atoms with Gasteiger partial charge in [-0.15, -0.1) is 0 Å². The summed E-state index contributed by atoms with van der Waals surface area (Å²) in [7, 11) is 0. The van der Waals surface area contributed by atoms with Gasteiger partial charge in [-0.2, -0.15) is 0 Å². The lowest BCUT2D eigenvalue weighted by atomic mass is 10.2. The first-order valence-corrected chi connectivity index (χ1v) is 7.20. The van der Waals surface area contributed by atoms with Gasteiger partial charge in [0.05, 0.1) is 10.0 Å². The quantitative estimate of drug-likeness (QED) is 0.706. The van der Waals surface area contributed by atoms with Crippen LogP contribution in [0.1, 0.15) is 5.56 Å². The van der Waals surface area contributed by atoms with Crippen molar-refractivity contribution in [3.63, 3.8) is 0 Å². The van der Waals surface area contributed by atoms with Crippen LogP contribution in [0.5, 0.6) is 5.75 Å². The monoisotopic (exact) mass is 379 g/mol. The molecule has 0 heterocycles. The Balaban J connectivity index is 2.19. The van der Waals surface area contributed by atoms with Crippen LogP contribution in [-0.2, 0) is 6.61 Å². The van der Waals surface area contributed by atoms with Crippen molar-refractivity contribution in [2.45, 2.75) is 6.61 Å². The van der Waals surface area contributed by atoms with E-state index < -0.39 is 0 Å². The summed E-state index contributed by atoms with van der Waals surface area (Å²) in [5, 5.41) is 1.22. The van der Waals surface area contributed by atoms with Crippen LogP contribution in [0, 0.1) is 0 Å². The van der Waals surface area contributed by atoms with Gasteiger partial charge in [0.2, 0.25) is 0 Å². The number of anilines is 1. The molecule has 0 aliphatic rings. The van der Waals surface area contributed by atoms with Gasteiger partial charge in [0.25, 0.3) is 0 Å². The average Bonchev–Trinajstić information content (AvgIpc) is 2.25. The lowest BCUT2D eigenvalue weighted by Crippen LogP contribution is -1.98. The minimum atomic E-state index is 0.310. The summed E-state index contributed by atoms with van der Waals surface area (Å²) in [4.78, 5) is 0. The predicted octanol–water partition coefficient (Wildman–Crippen LogP) is 5.57. The molecule has 0 aromatic heterocycles. The number of nitrogens with two attached hydrogens (primary N) is 1. The Labute approximate surface area is 134 Å². The maximum Gasteiger partial charge on any atom is 0.157 e. The molecule has 19 heavy (non-hydrogen) atoms. The Kier molecular flexibility index (Phi) is 4.85. The zero-order chi connectivity index (χ0) is 14.0. The van der Waals surface area contributed by atoms with Gasteiger partial charge in [0.1, 0.15) is 6.61 Å². The zero-order valence-electron chi connectivity index (χ0n) is 9.59. The van der Waals surface area contributed by atoms with Crippen molar-refractivity contribution in [1.82, 2.24) is 0 Å². The van der Waals surface area contributed by atoms with E-state index in [2.05, 4.69) is 15.9 Å². The number of halogens is 4. The highest BCUT2D eigenvalue weighted by Gasteiger charge is 2.09. The fourth-order valence-electron chi connectivity index (χ4n) is 1.58. The second-order valence-electron chi connectivity index (χ2n) is 3.88. The lowest BCUT2D eigenvalue weighted by Gasteiger charge is -2.11. The van der Waals surface area contributed by atoms with E-state index in [4.69, 9.17) is 45.3 Å². The minimum Gasteiger partial charge on any atom is -0.486 e. The smallest absolute Gasteiger partial charge is 0.157 e. The number of nitrogen functional groups attached to an aromatic ring is 1. The van der Waals surface area contributed by atoms with Crippen molar-refractivity contribution < 1.29 is 4.74 Å².